The summed E-state index contributed by atoms with van der Waals surface area (Å²) in [6, 6.07) is 2.24. The first-order chi connectivity index (χ1) is 7.15. The van der Waals surface area contributed by atoms with Crippen LogP contribution in [-0.4, -0.2) is 22.6 Å². The number of nitrogens with two attached hydrogens (primary N) is 1. The van der Waals surface area contributed by atoms with Crippen LogP contribution in [0.25, 0.3) is 0 Å². The fourth-order valence-electron chi connectivity index (χ4n) is 1.57. The highest BCUT2D eigenvalue weighted by Gasteiger charge is 2.07. The largest absolute Gasteiger partial charge is 0.350 e. The molecule has 0 aliphatic rings. The molecule has 0 bridgehead atoms. The van der Waals surface area contributed by atoms with Crippen LogP contribution in [0.3, 0.4) is 0 Å². The molecule has 0 saturated carbocycles. The highest BCUT2D eigenvalue weighted by Crippen LogP contribution is 2.07. The lowest BCUT2D eigenvalue weighted by molar-refractivity contribution is 0.642. The van der Waals surface area contributed by atoms with E-state index in [1.807, 2.05) is 19.9 Å². The van der Waals surface area contributed by atoms with E-state index in [1.165, 1.54) is 0 Å². The molecule has 0 radical (unpaired) electrons. The first-order valence-electron chi connectivity index (χ1n) is 5.44. The van der Waals surface area contributed by atoms with Crippen LogP contribution in [0, 0.1) is 13.8 Å². The number of aromatic nitrogens is 2. The molecule has 1 unspecified atom stereocenters. The maximum Gasteiger partial charge on any atom is 0.223 e. The Bertz CT molecular complexity index is 291. The minimum absolute atomic E-state index is 0.274. The van der Waals surface area contributed by atoms with Crippen molar-refractivity contribution in [1.82, 2.24) is 9.97 Å². The van der Waals surface area contributed by atoms with Crippen LogP contribution in [0.15, 0.2) is 6.07 Å². The van der Waals surface area contributed by atoms with Gasteiger partial charge in [0.25, 0.3) is 0 Å². The molecule has 0 aliphatic heterocycles. The molecule has 1 heterocycles. The van der Waals surface area contributed by atoms with Crippen LogP contribution >= 0.6 is 0 Å². The third-order valence-corrected chi connectivity index (χ3v) is 2.24. The summed E-state index contributed by atoms with van der Waals surface area (Å²) in [7, 11) is 0. The molecule has 3 N–H and O–H groups in total. The zero-order valence-corrected chi connectivity index (χ0v) is 9.75. The number of hydrogen-bond acceptors (Lipinski definition) is 4. The monoisotopic (exact) mass is 208 g/mol. The predicted molar refractivity (Wildman–Crippen MR) is 62.9 cm³/mol. The molecular weight excluding hydrogens is 188 g/mol. The summed E-state index contributed by atoms with van der Waals surface area (Å²) in [5, 5.41) is 3.26. The maximum atomic E-state index is 5.66. The Morgan fingerprint density at radius 3 is 2.40 bits per heavy atom. The van der Waals surface area contributed by atoms with Crippen molar-refractivity contribution >= 4 is 5.95 Å². The lowest BCUT2D eigenvalue weighted by Crippen LogP contribution is -2.29. The van der Waals surface area contributed by atoms with Gasteiger partial charge in [-0.3, -0.25) is 0 Å². The molecule has 0 spiro atoms. The number of rotatable bonds is 5. The molecule has 15 heavy (non-hydrogen) atoms. The quantitative estimate of drug-likeness (QED) is 0.772. The molecule has 0 saturated heterocycles. The Kier molecular flexibility index (Phi) is 4.49. The van der Waals surface area contributed by atoms with Gasteiger partial charge >= 0.3 is 0 Å². The molecule has 1 rings (SSSR count). The summed E-state index contributed by atoms with van der Waals surface area (Å²) < 4.78 is 0. The molecule has 0 aliphatic carbocycles. The van der Waals surface area contributed by atoms with E-state index in [4.69, 9.17) is 5.73 Å². The second kappa shape index (κ2) is 5.66. The number of anilines is 1. The van der Waals surface area contributed by atoms with Gasteiger partial charge in [-0.2, -0.15) is 0 Å². The van der Waals surface area contributed by atoms with Crippen molar-refractivity contribution in [2.45, 2.75) is 39.7 Å². The van der Waals surface area contributed by atoms with Crippen LogP contribution in [0.5, 0.6) is 0 Å². The van der Waals surface area contributed by atoms with E-state index in [2.05, 4.69) is 22.2 Å². The highest BCUT2D eigenvalue weighted by molar-refractivity contribution is 5.29. The third-order valence-electron chi connectivity index (χ3n) is 2.24. The van der Waals surface area contributed by atoms with Gasteiger partial charge in [-0.1, -0.05) is 13.3 Å². The number of aryl methyl sites for hydroxylation is 2. The summed E-state index contributed by atoms with van der Waals surface area (Å²) in [6.07, 6.45) is 2.16. The number of nitrogens with one attached hydrogen (secondary N) is 1. The zero-order chi connectivity index (χ0) is 11.3. The molecule has 0 aromatic carbocycles. The summed E-state index contributed by atoms with van der Waals surface area (Å²) >= 11 is 0. The minimum Gasteiger partial charge on any atom is -0.350 e. The van der Waals surface area contributed by atoms with Gasteiger partial charge in [0.1, 0.15) is 0 Å². The van der Waals surface area contributed by atoms with E-state index >= 15 is 0 Å². The molecule has 84 valence electrons. The van der Waals surface area contributed by atoms with Crippen molar-refractivity contribution in [3.8, 4) is 0 Å². The second-order valence-corrected chi connectivity index (χ2v) is 3.84. The van der Waals surface area contributed by atoms with Crippen LogP contribution in [0.4, 0.5) is 5.95 Å². The Morgan fingerprint density at radius 1 is 1.33 bits per heavy atom. The van der Waals surface area contributed by atoms with Crippen molar-refractivity contribution in [3.63, 3.8) is 0 Å². The molecule has 0 amide bonds. The minimum atomic E-state index is 0.274. The van der Waals surface area contributed by atoms with Crippen molar-refractivity contribution in [1.29, 1.82) is 0 Å². The van der Waals surface area contributed by atoms with E-state index in [0.717, 1.165) is 24.2 Å². The Balaban J connectivity index is 2.69. The fourth-order valence-corrected chi connectivity index (χ4v) is 1.57. The molecular formula is C11H20N4. The highest BCUT2D eigenvalue weighted by atomic mass is 15.1. The van der Waals surface area contributed by atoms with Gasteiger partial charge in [-0.25, -0.2) is 9.97 Å². The first kappa shape index (κ1) is 11.9. The van der Waals surface area contributed by atoms with Crippen molar-refractivity contribution < 1.29 is 0 Å². The average Bonchev–Trinajstić information content (AvgIpc) is 2.15. The van der Waals surface area contributed by atoms with E-state index < -0.39 is 0 Å². The fraction of sp³-hybridized carbons (Fsp3) is 0.636. The van der Waals surface area contributed by atoms with Gasteiger partial charge in [-0.15, -0.1) is 0 Å². The molecule has 1 aromatic rings. The molecule has 1 aromatic heterocycles. The molecule has 0 fully saturated rings. The van der Waals surface area contributed by atoms with Crippen LogP contribution < -0.4 is 11.1 Å². The SMILES string of the molecule is CCCC(CN)Nc1nc(C)cc(C)n1. The molecule has 1 atom stereocenters. The van der Waals surface area contributed by atoms with Gasteiger partial charge in [0.05, 0.1) is 0 Å². The Hall–Kier alpha value is -1.16. The standard InChI is InChI=1S/C11H20N4/c1-4-5-10(7-12)15-11-13-8(2)6-9(3)14-11/h6,10H,4-5,7,12H2,1-3H3,(H,13,14,15). The molecule has 4 heteroatoms. The van der Waals surface area contributed by atoms with Gasteiger partial charge in [0.15, 0.2) is 0 Å². The van der Waals surface area contributed by atoms with Gasteiger partial charge < -0.3 is 11.1 Å². The van der Waals surface area contributed by atoms with Gasteiger partial charge in [0.2, 0.25) is 5.95 Å². The smallest absolute Gasteiger partial charge is 0.223 e. The van der Waals surface area contributed by atoms with Gasteiger partial charge in [-0.05, 0) is 26.3 Å². The van der Waals surface area contributed by atoms with Crippen molar-refractivity contribution in [3.05, 3.63) is 17.5 Å². The normalized spacial score (nSPS) is 12.5. The summed E-state index contributed by atoms with van der Waals surface area (Å²) in [5.41, 5.74) is 7.63. The first-order valence-corrected chi connectivity index (χ1v) is 5.44. The average molecular weight is 208 g/mol. The topological polar surface area (TPSA) is 63.8 Å². The van der Waals surface area contributed by atoms with Gasteiger partial charge in [0, 0.05) is 24.0 Å². The maximum absolute atomic E-state index is 5.66. The van der Waals surface area contributed by atoms with E-state index in [1.54, 1.807) is 0 Å². The van der Waals surface area contributed by atoms with Crippen molar-refractivity contribution in [2.24, 2.45) is 5.73 Å². The lowest BCUT2D eigenvalue weighted by atomic mass is 10.2. The van der Waals surface area contributed by atoms with Crippen LogP contribution in [0.1, 0.15) is 31.2 Å². The lowest BCUT2D eigenvalue weighted by Gasteiger charge is -2.16. The Labute approximate surface area is 91.3 Å². The summed E-state index contributed by atoms with van der Waals surface area (Å²) in [6.45, 7) is 6.70. The third kappa shape index (κ3) is 3.83. The van der Waals surface area contributed by atoms with E-state index in [9.17, 15) is 0 Å². The second-order valence-electron chi connectivity index (χ2n) is 3.84. The predicted octanol–water partition coefficient (Wildman–Crippen LogP) is 1.63. The Morgan fingerprint density at radius 2 is 1.93 bits per heavy atom. The van der Waals surface area contributed by atoms with E-state index in [-0.39, 0.29) is 6.04 Å². The number of nitrogens with zero attached hydrogens (tertiary/aromatic N) is 2. The van der Waals surface area contributed by atoms with E-state index in [0.29, 0.717) is 12.5 Å². The summed E-state index contributed by atoms with van der Waals surface area (Å²) in [4.78, 5) is 8.65. The summed E-state index contributed by atoms with van der Waals surface area (Å²) in [5.74, 6) is 0.691. The van der Waals surface area contributed by atoms with Crippen LogP contribution in [-0.2, 0) is 0 Å². The van der Waals surface area contributed by atoms with Crippen molar-refractivity contribution in [2.75, 3.05) is 11.9 Å². The molecule has 4 nitrogen and oxygen atoms in total. The number of hydrogen-bond donors (Lipinski definition) is 2. The zero-order valence-electron chi connectivity index (χ0n) is 9.75. The van der Waals surface area contributed by atoms with Crippen LogP contribution in [0.2, 0.25) is 0 Å².